The first-order valence-electron chi connectivity index (χ1n) is 7.69. The maximum atomic E-state index is 11.5. The van der Waals surface area contributed by atoms with E-state index in [0.29, 0.717) is 0 Å². The lowest BCUT2D eigenvalue weighted by atomic mass is 10.1. The molecule has 0 rings (SSSR count). The fraction of sp³-hybridized carbons (Fsp3) is 0.571. The van der Waals surface area contributed by atoms with Crippen molar-refractivity contribution >= 4 is 35.7 Å². The van der Waals surface area contributed by atoms with Gasteiger partial charge < -0.3 is 37.5 Å². The molecule has 13 heteroatoms. The predicted molar refractivity (Wildman–Crippen MR) is 85.6 cm³/mol. The number of primary amides is 2. The van der Waals surface area contributed by atoms with Crippen molar-refractivity contribution in [3.63, 3.8) is 0 Å². The summed E-state index contributed by atoms with van der Waals surface area (Å²) in [5, 5.41) is 9.52. The van der Waals surface area contributed by atoms with Crippen LogP contribution >= 0.6 is 0 Å². The number of hydrogen-bond donors (Lipinski definition) is 5. The molecule has 0 fully saturated rings. The van der Waals surface area contributed by atoms with Crippen molar-refractivity contribution in [1.29, 1.82) is 0 Å². The highest BCUT2D eigenvalue weighted by molar-refractivity contribution is 5.94. The van der Waals surface area contributed by atoms with Gasteiger partial charge in [0, 0.05) is 12.8 Å². The molecule has 152 valence electrons. The minimum Gasteiger partial charge on any atom is -0.392 e. The topological polar surface area (TPSA) is 245 Å². The van der Waals surface area contributed by atoms with Gasteiger partial charge in [0.15, 0.2) is 6.10 Å². The maximum absolute atomic E-state index is 11.5. The summed E-state index contributed by atoms with van der Waals surface area (Å²) < 4.78 is 8.55. The first kappa shape index (κ1) is 24.1. The van der Waals surface area contributed by atoms with E-state index in [-0.39, 0.29) is 25.7 Å². The second kappa shape index (κ2) is 11.7. The SMILES string of the molecule is NC(=O)CC[C@H](N)C(=O)OC(=O)CC(O)C(=O)OC(=O)[C@@H](N)CCC(N)=O. The van der Waals surface area contributed by atoms with E-state index in [1.807, 2.05) is 0 Å². The summed E-state index contributed by atoms with van der Waals surface area (Å²) in [6, 6.07) is -2.65. The minimum absolute atomic E-state index is 0.163. The van der Waals surface area contributed by atoms with Crippen LogP contribution in [0.5, 0.6) is 0 Å². The second-order valence-corrected chi connectivity index (χ2v) is 5.48. The third kappa shape index (κ3) is 10.6. The van der Waals surface area contributed by atoms with Gasteiger partial charge in [0.25, 0.3) is 0 Å². The Kier molecular flexibility index (Phi) is 10.4. The van der Waals surface area contributed by atoms with E-state index in [0.717, 1.165) is 0 Å². The Hall–Kier alpha value is -2.90. The Morgan fingerprint density at radius 1 is 0.741 bits per heavy atom. The summed E-state index contributed by atoms with van der Waals surface area (Å²) in [6.45, 7) is 0. The normalized spacial score (nSPS) is 13.7. The van der Waals surface area contributed by atoms with Gasteiger partial charge in [0.1, 0.15) is 12.1 Å². The van der Waals surface area contributed by atoms with E-state index in [1.54, 1.807) is 0 Å². The van der Waals surface area contributed by atoms with Crippen molar-refractivity contribution in [2.45, 2.75) is 50.3 Å². The minimum atomic E-state index is -2.11. The Morgan fingerprint density at radius 2 is 1.15 bits per heavy atom. The van der Waals surface area contributed by atoms with E-state index in [4.69, 9.17) is 22.9 Å². The highest BCUT2D eigenvalue weighted by Gasteiger charge is 2.28. The average molecular weight is 390 g/mol. The number of aliphatic hydroxyl groups is 1. The van der Waals surface area contributed by atoms with Gasteiger partial charge in [-0.25, -0.2) is 14.4 Å². The molecule has 0 aliphatic rings. The summed E-state index contributed by atoms with van der Waals surface area (Å²) in [5.41, 5.74) is 20.5. The fourth-order valence-electron chi connectivity index (χ4n) is 1.54. The van der Waals surface area contributed by atoms with Crippen LogP contribution in [0.3, 0.4) is 0 Å². The molecule has 0 aromatic carbocycles. The third-order valence-electron chi connectivity index (χ3n) is 3.06. The second-order valence-electron chi connectivity index (χ2n) is 5.48. The monoisotopic (exact) mass is 390 g/mol. The van der Waals surface area contributed by atoms with Crippen molar-refractivity contribution in [1.82, 2.24) is 0 Å². The molecule has 0 aliphatic carbocycles. The van der Waals surface area contributed by atoms with Crippen LogP contribution < -0.4 is 22.9 Å². The average Bonchev–Trinajstić information content (AvgIpc) is 2.56. The summed E-state index contributed by atoms with van der Waals surface area (Å²) in [7, 11) is 0. The lowest BCUT2D eigenvalue weighted by molar-refractivity contribution is -0.172. The van der Waals surface area contributed by atoms with Crippen LogP contribution in [0.1, 0.15) is 32.1 Å². The molecule has 0 saturated heterocycles. The Balaban J connectivity index is 4.39. The van der Waals surface area contributed by atoms with Gasteiger partial charge in [-0.15, -0.1) is 0 Å². The van der Waals surface area contributed by atoms with Crippen molar-refractivity contribution < 1.29 is 43.3 Å². The zero-order valence-electron chi connectivity index (χ0n) is 14.3. The van der Waals surface area contributed by atoms with Crippen molar-refractivity contribution in [2.75, 3.05) is 0 Å². The van der Waals surface area contributed by atoms with Crippen LogP contribution in [0.25, 0.3) is 0 Å². The number of amides is 2. The van der Waals surface area contributed by atoms with Gasteiger partial charge in [-0.1, -0.05) is 0 Å². The lowest BCUT2D eigenvalue weighted by Gasteiger charge is -2.13. The molecule has 0 radical (unpaired) electrons. The first-order valence-corrected chi connectivity index (χ1v) is 7.69. The first-order chi connectivity index (χ1) is 12.4. The molecule has 0 aromatic rings. The van der Waals surface area contributed by atoms with Crippen LogP contribution in [0.2, 0.25) is 0 Å². The number of carbonyl (C=O) groups is 6. The molecule has 0 heterocycles. The number of nitrogens with two attached hydrogens (primary N) is 4. The molecular weight excluding hydrogens is 368 g/mol. The van der Waals surface area contributed by atoms with Crippen LogP contribution in [-0.4, -0.2) is 59.0 Å². The van der Waals surface area contributed by atoms with Gasteiger partial charge in [-0.2, -0.15) is 0 Å². The number of hydrogen-bond acceptors (Lipinski definition) is 11. The maximum Gasteiger partial charge on any atom is 0.343 e. The number of ether oxygens (including phenoxy) is 2. The predicted octanol–water partition coefficient (Wildman–Crippen LogP) is -3.94. The lowest BCUT2D eigenvalue weighted by Crippen LogP contribution is -2.39. The summed E-state index contributed by atoms with van der Waals surface area (Å²) in [5.74, 6) is -6.67. The van der Waals surface area contributed by atoms with Crippen LogP contribution in [0, 0.1) is 0 Å². The van der Waals surface area contributed by atoms with Crippen LogP contribution in [-0.2, 0) is 38.2 Å². The Labute approximate surface area is 153 Å². The van der Waals surface area contributed by atoms with Crippen molar-refractivity contribution in [3.05, 3.63) is 0 Å². The highest BCUT2D eigenvalue weighted by Crippen LogP contribution is 2.04. The summed E-state index contributed by atoms with van der Waals surface area (Å²) in [6.07, 6.45) is -3.90. The summed E-state index contributed by atoms with van der Waals surface area (Å²) >= 11 is 0. The molecule has 0 bridgehead atoms. The molecular formula is C14H22N4O9. The zero-order chi connectivity index (χ0) is 21.1. The number of carbonyl (C=O) groups excluding carboxylic acids is 6. The highest BCUT2D eigenvalue weighted by atomic mass is 16.6. The molecule has 0 aromatic heterocycles. The van der Waals surface area contributed by atoms with Crippen LogP contribution in [0.4, 0.5) is 0 Å². The molecule has 0 aliphatic heterocycles. The van der Waals surface area contributed by atoms with Gasteiger partial charge >= 0.3 is 23.9 Å². The number of rotatable bonds is 11. The molecule has 3 atom stereocenters. The molecule has 2 amide bonds. The third-order valence-corrected chi connectivity index (χ3v) is 3.06. The molecule has 9 N–H and O–H groups in total. The molecule has 13 nitrogen and oxygen atoms in total. The number of esters is 4. The zero-order valence-corrected chi connectivity index (χ0v) is 14.3. The van der Waals surface area contributed by atoms with E-state index in [2.05, 4.69) is 9.47 Å². The fourth-order valence-corrected chi connectivity index (χ4v) is 1.54. The van der Waals surface area contributed by atoms with E-state index < -0.39 is 60.3 Å². The number of aliphatic hydroxyl groups excluding tert-OH is 1. The molecule has 0 saturated carbocycles. The van der Waals surface area contributed by atoms with Crippen molar-refractivity contribution in [3.8, 4) is 0 Å². The quantitative estimate of drug-likeness (QED) is 0.168. The Bertz CT molecular complexity index is 607. The van der Waals surface area contributed by atoms with Crippen molar-refractivity contribution in [2.24, 2.45) is 22.9 Å². The molecule has 0 spiro atoms. The van der Waals surface area contributed by atoms with Gasteiger partial charge in [0.2, 0.25) is 11.8 Å². The standard InChI is InChI=1S/C14H22N4O9/c15-6(1-3-9(17)20)12(23)26-11(22)5-8(19)14(25)27-13(24)7(16)2-4-10(18)21/h6-8,19H,1-5,15-16H2,(H2,17,20)(H2,18,21)/t6-,7-,8?/m0/s1. The molecule has 1 unspecified atom stereocenters. The van der Waals surface area contributed by atoms with Crippen LogP contribution in [0.15, 0.2) is 0 Å². The largest absolute Gasteiger partial charge is 0.392 e. The Morgan fingerprint density at radius 3 is 1.56 bits per heavy atom. The van der Waals surface area contributed by atoms with Gasteiger partial charge in [-0.05, 0) is 12.8 Å². The smallest absolute Gasteiger partial charge is 0.343 e. The van der Waals surface area contributed by atoms with E-state index in [1.165, 1.54) is 0 Å². The molecule has 27 heavy (non-hydrogen) atoms. The summed E-state index contributed by atoms with van der Waals surface area (Å²) in [4.78, 5) is 67.2. The van der Waals surface area contributed by atoms with E-state index >= 15 is 0 Å². The van der Waals surface area contributed by atoms with Gasteiger partial charge in [-0.3, -0.25) is 14.4 Å². The van der Waals surface area contributed by atoms with Gasteiger partial charge in [0.05, 0.1) is 6.42 Å². The van der Waals surface area contributed by atoms with E-state index in [9.17, 15) is 33.9 Å².